The molecule has 1 heterocycles. The number of phenols is 1. The van der Waals surface area contributed by atoms with Crippen LogP contribution in [0, 0.1) is 0 Å². The van der Waals surface area contributed by atoms with Gasteiger partial charge in [-0.2, -0.15) is 0 Å². The molecule has 6 nitrogen and oxygen atoms in total. The first-order valence-corrected chi connectivity index (χ1v) is 6.21. The van der Waals surface area contributed by atoms with Gasteiger partial charge in [-0.15, -0.1) is 0 Å². The normalized spacial score (nSPS) is 9.80. The summed E-state index contributed by atoms with van der Waals surface area (Å²) < 4.78 is 5.13. The van der Waals surface area contributed by atoms with Gasteiger partial charge in [-0.3, -0.25) is 15.6 Å². The predicted octanol–water partition coefficient (Wildman–Crippen LogP) is 1.29. The van der Waals surface area contributed by atoms with Crippen molar-refractivity contribution in [1.82, 2.24) is 16.2 Å². The van der Waals surface area contributed by atoms with Gasteiger partial charge in [-0.05, 0) is 42.5 Å². The summed E-state index contributed by atoms with van der Waals surface area (Å²) >= 11 is 4.99. The van der Waals surface area contributed by atoms with Gasteiger partial charge in [0.2, 0.25) is 0 Å². The van der Waals surface area contributed by atoms with Gasteiger partial charge >= 0.3 is 0 Å². The largest absolute Gasteiger partial charge is 0.508 e. The maximum Gasteiger partial charge on any atom is 0.269 e. The Bertz CT molecular complexity index is 599. The summed E-state index contributed by atoms with van der Waals surface area (Å²) in [4.78, 5) is 11.7. The molecular formula is C13H13N3O3S. The molecule has 0 unspecified atom stereocenters. The monoisotopic (exact) mass is 291 g/mol. The molecule has 0 aliphatic rings. The number of phenolic OH excluding ortho intramolecular Hbond substituents is 1. The Balaban J connectivity index is 1.77. The molecule has 0 radical (unpaired) electrons. The molecular weight excluding hydrogens is 278 g/mol. The van der Waals surface area contributed by atoms with Crippen molar-refractivity contribution in [2.45, 2.75) is 6.54 Å². The van der Waals surface area contributed by atoms with Gasteiger partial charge in [0.15, 0.2) is 5.11 Å². The number of carbonyl (C=O) groups excluding carboxylic acids is 1. The van der Waals surface area contributed by atoms with Crippen molar-refractivity contribution >= 4 is 23.2 Å². The average Bonchev–Trinajstić information content (AvgIpc) is 2.95. The number of aromatic hydroxyl groups is 1. The van der Waals surface area contributed by atoms with E-state index in [1.165, 1.54) is 12.1 Å². The maximum atomic E-state index is 11.7. The second kappa shape index (κ2) is 6.58. The van der Waals surface area contributed by atoms with Crippen LogP contribution in [0.25, 0.3) is 0 Å². The molecule has 0 fully saturated rings. The molecule has 0 aliphatic carbocycles. The quantitative estimate of drug-likeness (QED) is 0.504. The molecule has 4 N–H and O–H groups in total. The van der Waals surface area contributed by atoms with E-state index in [0.717, 1.165) is 5.76 Å². The molecule has 0 atom stereocenters. The Morgan fingerprint density at radius 2 is 2.10 bits per heavy atom. The fourth-order valence-electron chi connectivity index (χ4n) is 1.46. The number of rotatable bonds is 3. The molecule has 0 saturated carbocycles. The van der Waals surface area contributed by atoms with Crippen molar-refractivity contribution in [1.29, 1.82) is 0 Å². The van der Waals surface area contributed by atoms with Crippen LogP contribution in [0.2, 0.25) is 0 Å². The van der Waals surface area contributed by atoms with Crippen molar-refractivity contribution in [2.24, 2.45) is 0 Å². The molecule has 1 aromatic carbocycles. The Hall–Kier alpha value is -2.54. The molecule has 2 aromatic rings. The van der Waals surface area contributed by atoms with Crippen LogP contribution in [-0.2, 0) is 6.54 Å². The number of hydrazine groups is 1. The number of amides is 1. The maximum absolute atomic E-state index is 11.7. The zero-order chi connectivity index (χ0) is 14.4. The number of benzene rings is 1. The third-order valence-corrected chi connectivity index (χ3v) is 2.65. The molecule has 0 saturated heterocycles. The zero-order valence-corrected chi connectivity index (χ0v) is 11.2. The number of thiocarbonyl (C=S) groups is 1. The van der Waals surface area contributed by atoms with Crippen molar-refractivity contribution in [3.63, 3.8) is 0 Å². The number of hydrogen-bond donors (Lipinski definition) is 4. The second-order valence-electron chi connectivity index (χ2n) is 3.89. The topological polar surface area (TPSA) is 86.5 Å². The van der Waals surface area contributed by atoms with Crippen LogP contribution >= 0.6 is 12.2 Å². The molecule has 1 aromatic heterocycles. The highest BCUT2D eigenvalue weighted by molar-refractivity contribution is 7.80. The van der Waals surface area contributed by atoms with Crippen LogP contribution in [0.5, 0.6) is 5.75 Å². The van der Waals surface area contributed by atoms with E-state index in [4.69, 9.17) is 16.6 Å². The Labute approximate surface area is 120 Å². The summed E-state index contributed by atoms with van der Waals surface area (Å²) in [5, 5.41) is 12.4. The zero-order valence-electron chi connectivity index (χ0n) is 10.4. The molecule has 7 heteroatoms. The Kier molecular flexibility index (Phi) is 4.56. The van der Waals surface area contributed by atoms with E-state index in [9.17, 15) is 9.90 Å². The van der Waals surface area contributed by atoms with Gasteiger partial charge in [-0.25, -0.2) is 0 Å². The number of nitrogens with one attached hydrogen (secondary N) is 3. The van der Waals surface area contributed by atoms with Crippen molar-refractivity contribution < 1.29 is 14.3 Å². The number of hydrogen-bond acceptors (Lipinski definition) is 4. The van der Waals surface area contributed by atoms with Crippen molar-refractivity contribution in [2.75, 3.05) is 0 Å². The van der Waals surface area contributed by atoms with E-state index >= 15 is 0 Å². The summed E-state index contributed by atoms with van der Waals surface area (Å²) in [6, 6.07) is 9.59. The Morgan fingerprint density at radius 1 is 1.25 bits per heavy atom. The lowest BCUT2D eigenvalue weighted by molar-refractivity contribution is 0.0943. The van der Waals surface area contributed by atoms with Crippen molar-refractivity contribution in [3.8, 4) is 5.75 Å². The summed E-state index contributed by atoms with van der Waals surface area (Å²) in [5.41, 5.74) is 5.31. The highest BCUT2D eigenvalue weighted by atomic mass is 32.1. The average molecular weight is 291 g/mol. The van der Waals surface area contributed by atoms with Crippen LogP contribution in [0.3, 0.4) is 0 Å². The van der Waals surface area contributed by atoms with E-state index in [2.05, 4.69) is 16.2 Å². The molecule has 20 heavy (non-hydrogen) atoms. The first kappa shape index (κ1) is 13.9. The Morgan fingerprint density at radius 3 is 2.80 bits per heavy atom. The minimum Gasteiger partial charge on any atom is -0.508 e. The van der Waals surface area contributed by atoms with Gasteiger partial charge in [0, 0.05) is 5.56 Å². The van der Waals surface area contributed by atoms with Crippen LogP contribution in [-0.4, -0.2) is 16.1 Å². The highest BCUT2D eigenvalue weighted by Gasteiger charge is 2.06. The minimum atomic E-state index is -0.400. The fourth-order valence-corrected chi connectivity index (χ4v) is 1.58. The van der Waals surface area contributed by atoms with E-state index in [1.807, 2.05) is 0 Å². The van der Waals surface area contributed by atoms with E-state index in [-0.39, 0.29) is 10.9 Å². The van der Waals surface area contributed by atoms with Crippen LogP contribution in [0.1, 0.15) is 16.1 Å². The number of carbonyl (C=O) groups is 1. The molecule has 104 valence electrons. The SMILES string of the molecule is O=C(NNC(=S)NCc1ccco1)c1cccc(O)c1. The lowest BCUT2D eigenvalue weighted by atomic mass is 10.2. The van der Waals surface area contributed by atoms with Gasteiger partial charge < -0.3 is 14.8 Å². The third kappa shape index (κ3) is 3.99. The highest BCUT2D eigenvalue weighted by Crippen LogP contribution is 2.10. The lowest BCUT2D eigenvalue weighted by Crippen LogP contribution is -2.46. The van der Waals surface area contributed by atoms with E-state index < -0.39 is 5.91 Å². The van der Waals surface area contributed by atoms with Gasteiger partial charge in [0.1, 0.15) is 11.5 Å². The van der Waals surface area contributed by atoms with Crippen LogP contribution in [0.15, 0.2) is 47.1 Å². The summed E-state index contributed by atoms with van der Waals surface area (Å²) in [7, 11) is 0. The smallest absolute Gasteiger partial charge is 0.269 e. The fraction of sp³-hybridized carbons (Fsp3) is 0.0769. The second-order valence-corrected chi connectivity index (χ2v) is 4.30. The van der Waals surface area contributed by atoms with E-state index in [1.54, 1.807) is 30.5 Å². The molecule has 0 bridgehead atoms. The standard InChI is InChI=1S/C13H13N3O3S/c17-10-4-1-3-9(7-10)12(18)15-16-13(20)14-8-11-5-2-6-19-11/h1-7,17H,8H2,(H,15,18)(H2,14,16,20). The summed E-state index contributed by atoms with van der Waals surface area (Å²) in [6.07, 6.45) is 1.57. The van der Waals surface area contributed by atoms with Gasteiger partial charge in [0.05, 0.1) is 12.8 Å². The van der Waals surface area contributed by atoms with E-state index in [0.29, 0.717) is 12.1 Å². The first-order valence-electron chi connectivity index (χ1n) is 5.81. The summed E-state index contributed by atoms with van der Waals surface area (Å²) in [6.45, 7) is 0.417. The minimum absolute atomic E-state index is 0.0242. The van der Waals surface area contributed by atoms with Crippen LogP contribution in [0.4, 0.5) is 0 Å². The predicted molar refractivity (Wildman–Crippen MR) is 76.9 cm³/mol. The van der Waals surface area contributed by atoms with Crippen molar-refractivity contribution in [3.05, 3.63) is 54.0 Å². The molecule has 2 rings (SSSR count). The molecule has 1 amide bonds. The molecule has 0 aliphatic heterocycles. The van der Waals surface area contributed by atoms with Crippen LogP contribution < -0.4 is 16.2 Å². The lowest BCUT2D eigenvalue weighted by Gasteiger charge is -2.10. The summed E-state index contributed by atoms with van der Waals surface area (Å²) in [5.74, 6) is 0.354. The van der Waals surface area contributed by atoms with Gasteiger partial charge in [-0.1, -0.05) is 6.07 Å². The van der Waals surface area contributed by atoms with Gasteiger partial charge in [0.25, 0.3) is 5.91 Å². The number of furan rings is 1. The third-order valence-electron chi connectivity index (χ3n) is 2.40. The molecule has 0 spiro atoms. The first-order chi connectivity index (χ1) is 9.65.